The molecule has 0 aromatic carbocycles. The first-order chi connectivity index (χ1) is 11.5. The number of ether oxygens (including phenoxy) is 1. The van der Waals surface area contributed by atoms with Crippen molar-refractivity contribution in [2.45, 2.75) is 26.4 Å². The van der Waals surface area contributed by atoms with E-state index >= 15 is 0 Å². The number of aromatic nitrogens is 3. The molecule has 1 saturated heterocycles. The van der Waals surface area contributed by atoms with Gasteiger partial charge in [0.2, 0.25) is 5.88 Å². The van der Waals surface area contributed by atoms with E-state index in [0.29, 0.717) is 18.2 Å². The molecule has 1 unspecified atom stereocenters. The van der Waals surface area contributed by atoms with Crippen LogP contribution in [0.2, 0.25) is 0 Å². The molecule has 1 atom stereocenters. The fourth-order valence-electron chi connectivity index (χ4n) is 3.13. The fraction of sp³-hybridized carbons (Fsp3) is 0.412. The van der Waals surface area contributed by atoms with Crippen LogP contribution in [0.5, 0.6) is 5.88 Å². The van der Waals surface area contributed by atoms with Gasteiger partial charge in [0.05, 0.1) is 19.7 Å². The van der Waals surface area contributed by atoms with Crippen molar-refractivity contribution in [3.8, 4) is 5.88 Å². The lowest BCUT2D eigenvalue weighted by molar-refractivity contribution is -0.0166. The Morgan fingerprint density at radius 2 is 2.08 bits per heavy atom. The first-order valence-corrected chi connectivity index (χ1v) is 7.81. The smallest absolute Gasteiger partial charge is 0.318 e. The van der Waals surface area contributed by atoms with Crippen LogP contribution in [-0.2, 0) is 6.54 Å². The van der Waals surface area contributed by atoms with E-state index in [9.17, 15) is 4.79 Å². The summed E-state index contributed by atoms with van der Waals surface area (Å²) >= 11 is 0. The third-order valence-corrected chi connectivity index (χ3v) is 4.20. The van der Waals surface area contributed by atoms with Crippen molar-refractivity contribution in [1.29, 1.82) is 0 Å². The second kappa shape index (κ2) is 6.43. The maximum Gasteiger partial charge on any atom is 0.318 e. The van der Waals surface area contributed by atoms with Crippen LogP contribution in [0.25, 0.3) is 0 Å². The summed E-state index contributed by atoms with van der Waals surface area (Å²) in [6, 6.07) is 5.49. The standard InChI is InChI=1S/C17H21N5O2/c1-17(2)11-22(15(17)12-4-7-18-8-5-12)16(23)20-10-13-19-9-6-14(21-13)24-3/h4-9,15H,10-11H2,1-3H3,(H,20,23). The van der Waals surface area contributed by atoms with Crippen molar-refractivity contribution in [1.82, 2.24) is 25.2 Å². The lowest BCUT2D eigenvalue weighted by Crippen LogP contribution is -2.60. The zero-order valence-corrected chi connectivity index (χ0v) is 14.1. The van der Waals surface area contributed by atoms with Crippen molar-refractivity contribution in [2.75, 3.05) is 13.7 Å². The highest BCUT2D eigenvalue weighted by molar-refractivity contribution is 5.76. The van der Waals surface area contributed by atoms with Gasteiger partial charge in [-0.15, -0.1) is 0 Å². The van der Waals surface area contributed by atoms with Gasteiger partial charge in [0.1, 0.15) is 0 Å². The number of carbonyl (C=O) groups excluding carboxylic acids is 1. The predicted molar refractivity (Wildman–Crippen MR) is 88.3 cm³/mol. The molecule has 2 aromatic rings. The number of urea groups is 1. The molecular weight excluding hydrogens is 306 g/mol. The number of carbonyl (C=O) groups is 1. The van der Waals surface area contributed by atoms with Crippen molar-refractivity contribution >= 4 is 6.03 Å². The molecule has 24 heavy (non-hydrogen) atoms. The predicted octanol–water partition coefficient (Wildman–Crippen LogP) is 2.17. The maximum atomic E-state index is 12.5. The Hall–Kier alpha value is -2.70. The van der Waals surface area contributed by atoms with Crippen LogP contribution < -0.4 is 10.1 Å². The number of hydrogen-bond donors (Lipinski definition) is 1. The van der Waals surface area contributed by atoms with Gasteiger partial charge in [-0.2, -0.15) is 4.98 Å². The fourth-order valence-corrected chi connectivity index (χ4v) is 3.13. The molecule has 2 aromatic heterocycles. The Morgan fingerprint density at radius 3 is 2.75 bits per heavy atom. The SMILES string of the molecule is COc1ccnc(CNC(=O)N2CC(C)(C)C2c2ccncc2)n1. The topological polar surface area (TPSA) is 80.2 Å². The van der Waals surface area contributed by atoms with Gasteiger partial charge in [0, 0.05) is 36.6 Å². The Labute approximate surface area is 141 Å². The summed E-state index contributed by atoms with van der Waals surface area (Å²) in [5.74, 6) is 0.997. The van der Waals surface area contributed by atoms with Crippen LogP contribution in [0.4, 0.5) is 4.79 Å². The lowest BCUT2D eigenvalue weighted by atomic mass is 9.72. The molecule has 2 amide bonds. The number of nitrogens with one attached hydrogen (secondary N) is 1. The quantitative estimate of drug-likeness (QED) is 0.931. The second-order valence-corrected chi connectivity index (χ2v) is 6.47. The van der Waals surface area contributed by atoms with Crippen molar-refractivity contribution < 1.29 is 9.53 Å². The summed E-state index contributed by atoms with van der Waals surface area (Å²) in [5, 5.41) is 2.88. The highest BCUT2D eigenvalue weighted by atomic mass is 16.5. The first-order valence-electron chi connectivity index (χ1n) is 7.81. The third-order valence-electron chi connectivity index (χ3n) is 4.20. The zero-order valence-electron chi connectivity index (χ0n) is 14.1. The van der Waals surface area contributed by atoms with Crippen molar-refractivity contribution in [3.05, 3.63) is 48.2 Å². The Balaban J connectivity index is 1.66. The molecule has 126 valence electrons. The molecule has 0 spiro atoms. The molecule has 0 saturated carbocycles. The molecule has 1 aliphatic heterocycles. The van der Waals surface area contributed by atoms with Crippen LogP contribution in [0.15, 0.2) is 36.8 Å². The van der Waals surface area contributed by atoms with Crippen LogP contribution in [0.1, 0.15) is 31.3 Å². The molecule has 3 heterocycles. The monoisotopic (exact) mass is 327 g/mol. The number of likely N-dealkylation sites (tertiary alicyclic amines) is 1. The number of nitrogens with zero attached hydrogens (tertiary/aromatic N) is 4. The number of rotatable bonds is 4. The number of amides is 2. The average Bonchev–Trinajstić information content (AvgIpc) is 2.59. The van der Waals surface area contributed by atoms with E-state index < -0.39 is 0 Å². The van der Waals surface area contributed by atoms with Crippen molar-refractivity contribution in [2.24, 2.45) is 5.41 Å². The van der Waals surface area contributed by atoms with Gasteiger partial charge in [-0.05, 0) is 17.7 Å². The van der Waals surface area contributed by atoms with Crippen molar-refractivity contribution in [3.63, 3.8) is 0 Å². The van der Waals surface area contributed by atoms with Crippen LogP contribution >= 0.6 is 0 Å². The van der Waals surface area contributed by atoms with E-state index in [4.69, 9.17) is 4.74 Å². The van der Waals surface area contributed by atoms with Crippen LogP contribution in [-0.4, -0.2) is 39.5 Å². The largest absolute Gasteiger partial charge is 0.481 e. The molecule has 1 aliphatic rings. The summed E-state index contributed by atoms with van der Waals surface area (Å²) in [4.78, 5) is 26.7. The molecule has 3 rings (SSSR count). The normalized spacial score (nSPS) is 18.6. The molecular formula is C17H21N5O2. The molecule has 0 bridgehead atoms. The minimum absolute atomic E-state index is 0.0329. The van der Waals surface area contributed by atoms with Gasteiger partial charge in [0.15, 0.2) is 5.82 Å². The zero-order chi connectivity index (χ0) is 17.2. The van der Waals surface area contributed by atoms with Gasteiger partial charge < -0.3 is 15.0 Å². The molecule has 0 aliphatic carbocycles. The highest BCUT2D eigenvalue weighted by Gasteiger charge is 2.48. The second-order valence-electron chi connectivity index (χ2n) is 6.47. The summed E-state index contributed by atoms with van der Waals surface area (Å²) in [7, 11) is 1.55. The van der Waals surface area contributed by atoms with E-state index in [0.717, 1.165) is 5.56 Å². The number of pyridine rings is 1. The summed E-state index contributed by atoms with van der Waals surface area (Å²) < 4.78 is 5.06. The van der Waals surface area contributed by atoms with E-state index in [1.165, 1.54) is 0 Å². The van der Waals surface area contributed by atoms with Crippen LogP contribution in [0, 0.1) is 5.41 Å². The summed E-state index contributed by atoms with van der Waals surface area (Å²) in [5.41, 5.74) is 1.12. The minimum atomic E-state index is -0.123. The van der Waals surface area contributed by atoms with E-state index in [1.54, 1.807) is 31.8 Å². The Kier molecular flexibility index (Phi) is 4.33. The van der Waals surface area contributed by atoms with E-state index in [-0.39, 0.29) is 24.0 Å². The van der Waals surface area contributed by atoms with Gasteiger partial charge in [-0.1, -0.05) is 13.8 Å². The molecule has 1 fully saturated rings. The third kappa shape index (κ3) is 3.15. The minimum Gasteiger partial charge on any atom is -0.481 e. The molecule has 1 N–H and O–H groups in total. The lowest BCUT2D eigenvalue weighted by Gasteiger charge is -2.54. The van der Waals surface area contributed by atoms with Crippen LogP contribution in [0.3, 0.4) is 0 Å². The van der Waals surface area contributed by atoms with Gasteiger partial charge >= 0.3 is 6.03 Å². The van der Waals surface area contributed by atoms with Gasteiger partial charge in [-0.25, -0.2) is 9.78 Å². The first kappa shape index (κ1) is 16.2. The summed E-state index contributed by atoms with van der Waals surface area (Å²) in [6.45, 7) is 5.28. The highest BCUT2D eigenvalue weighted by Crippen LogP contribution is 2.47. The molecule has 7 heteroatoms. The number of hydrogen-bond acceptors (Lipinski definition) is 5. The Morgan fingerprint density at radius 1 is 1.33 bits per heavy atom. The maximum absolute atomic E-state index is 12.5. The average molecular weight is 327 g/mol. The van der Waals surface area contributed by atoms with E-state index in [1.807, 2.05) is 17.0 Å². The molecule has 0 radical (unpaired) electrons. The van der Waals surface area contributed by atoms with E-state index in [2.05, 4.69) is 34.1 Å². The summed E-state index contributed by atoms with van der Waals surface area (Å²) in [6.07, 6.45) is 5.12. The van der Waals surface area contributed by atoms with Gasteiger partial charge in [-0.3, -0.25) is 4.98 Å². The number of methoxy groups -OCH3 is 1. The molecule has 7 nitrogen and oxygen atoms in total. The van der Waals surface area contributed by atoms with Gasteiger partial charge in [0.25, 0.3) is 0 Å². The Bertz CT molecular complexity index is 720.